The van der Waals surface area contributed by atoms with Gasteiger partial charge in [-0.15, -0.1) is 0 Å². The number of imidazole rings is 1. The predicted octanol–water partition coefficient (Wildman–Crippen LogP) is 7.05. The van der Waals surface area contributed by atoms with Crippen LogP contribution in [0.25, 0.3) is 37.9 Å². The lowest BCUT2D eigenvalue weighted by molar-refractivity contribution is 1.24. The molecule has 27 heavy (non-hydrogen) atoms. The van der Waals surface area contributed by atoms with Crippen LogP contribution in [0.5, 0.6) is 0 Å². The second-order valence-electron chi connectivity index (χ2n) is 6.30. The van der Waals surface area contributed by atoms with E-state index in [4.69, 9.17) is 16.6 Å². The maximum Gasteiger partial charge on any atom is 0.195 e. The summed E-state index contributed by atoms with van der Waals surface area (Å²) in [6, 6.07) is 28.8. The number of halogens is 1. The number of rotatable bonds is 3. The molecule has 0 saturated heterocycles. The molecule has 2 nitrogen and oxygen atoms in total. The lowest BCUT2D eigenvalue weighted by Gasteiger charge is -2.05. The van der Waals surface area contributed by atoms with Crippen LogP contribution in [-0.2, 0) is 0 Å². The fourth-order valence-corrected chi connectivity index (χ4v) is 4.52. The average Bonchev–Trinajstić information content (AvgIpc) is 3.28. The third-order valence-corrected chi connectivity index (χ3v) is 5.90. The number of hydrogen-bond acceptors (Lipinski definition) is 2. The van der Waals surface area contributed by atoms with E-state index in [9.17, 15) is 0 Å². The molecule has 0 aliphatic carbocycles. The molecular formula is C23H15ClN2S. The molecule has 5 aromatic rings. The van der Waals surface area contributed by atoms with Crippen LogP contribution in [0.1, 0.15) is 0 Å². The van der Waals surface area contributed by atoms with Gasteiger partial charge in [-0.2, -0.15) is 0 Å². The molecule has 0 amide bonds. The monoisotopic (exact) mass is 386 g/mol. The largest absolute Gasteiger partial charge is 0.289 e. The molecule has 5 rings (SSSR count). The average molecular weight is 387 g/mol. The normalized spacial score (nSPS) is 11.1. The summed E-state index contributed by atoms with van der Waals surface area (Å²) in [5.41, 5.74) is 5.59. The van der Waals surface area contributed by atoms with Gasteiger partial charge in [0.2, 0.25) is 0 Å². The van der Waals surface area contributed by atoms with E-state index in [2.05, 4.69) is 59.1 Å². The first-order valence-electron chi connectivity index (χ1n) is 8.68. The number of fused-ring (bicyclic) bond motifs is 1. The Morgan fingerprint density at radius 1 is 0.704 bits per heavy atom. The highest BCUT2D eigenvalue weighted by atomic mass is 35.5. The van der Waals surface area contributed by atoms with Crippen molar-refractivity contribution in [3.63, 3.8) is 0 Å². The van der Waals surface area contributed by atoms with E-state index in [1.165, 1.54) is 21.7 Å². The minimum Gasteiger partial charge on any atom is -0.289 e. The topological polar surface area (TPSA) is 17.3 Å². The van der Waals surface area contributed by atoms with E-state index in [1.807, 2.05) is 36.4 Å². The van der Waals surface area contributed by atoms with Gasteiger partial charge in [-0.3, -0.25) is 4.40 Å². The molecule has 0 fully saturated rings. The molecular weight excluding hydrogens is 372 g/mol. The van der Waals surface area contributed by atoms with Crippen molar-refractivity contribution in [3.8, 4) is 33.0 Å². The van der Waals surface area contributed by atoms with Crippen molar-refractivity contribution in [2.75, 3.05) is 0 Å². The van der Waals surface area contributed by atoms with Gasteiger partial charge in [0, 0.05) is 22.3 Å². The van der Waals surface area contributed by atoms with E-state index in [0.29, 0.717) is 0 Å². The van der Waals surface area contributed by atoms with Gasteiger partial charge in [0.15, 0.2) is 4.96 Å². The third-order valence-electron chi connectivity index (χ3n) is 4.55. The molecule has 0 spiro atoms. The van der Waals surface area contributed by atoms with Gasteiger partial charge in [0.05, 0.1) is 16.3 Å². The zero-order chi connectivity index (χ0) is 18.2. The minimum absolute atomic E-state index is 0.733. The van der Waals surface area contributed by atoms with Crippen LogP contribution in [0, 0.1) is 0 Å². The Hall–Kier alpha value is -2.88. The van der Waals surface area contributed by atoms with Gasteiger partial charge in [0.1, 0.15) is 0 Å². The van der Waals surface area contributed by atoms with Crippen molar-refractivity contribution < 1.29 is 0 Å². The Balaban J connectivity index is 1.74. The van der Waals surface area contributed by atoms with E-state index in [-0.39, 0.29) is 0 Å². The van der Waals surface area contributed by atoms with Crippen molar-refractivity contribution in [1.29, 1.82) is 0 Å². The fraction of sp³-hybridized carbons (Fsp3) is 0. The molecule has 0 saturated carbocycles. The van der Waals surface area contributed by atoms with Gasteiger partial charge in [-0.25, -0.2) is 4.98 Å². The standard InChI is InChI=1S/C23H15ClN2S/c24-19-13-11-16(12-14-19)20-15-26-21(17-7-3-1-4-8-17)22(27-23(26)25-20)18-9-5-2-6-10-18/h1-15H. The van der Waals surface area contributed by atoms with Gasteiger partial charge in [0.25, 0.3) is 0 Å². The Labute approximate surface area is 166 Å². The van der Waals surface area contributed by atoms with E-state index in [1.54, 1.807) is 11.3 Å². The summed E-state index contributed by atoms with van der Waals surface area (Å²) in [6.45, 7) is 0. The summed E-state index contributed by atoms with van der Waals surface area (Å²) in [7, 11) is 0. The third kappa shape index (κ3) is 2.95. The number of thiazole rings is 1. The molecule has 130 valence electrons. The molecule has 3 aromatic carbocycles. The molecule has 2 aromatic heterocycles. The van der Waals surface area contributed by atoms with Crippen LogP contribution in [-0.4, -0.2) is 9.38 Å². The fourth-order valence-electron chi connectivity index (χ4n) is 3.26. The van der Waals surface area contributed by atoms with Gasteiger partial charge >= 0.3 is 0 Å². The van der Waals surface area contributed by atoms with Crippen molar-refractivity contribution in [1.82, 2.24) is 9.38 Å². The van der Waals surface area contributed by atoms with Gasteiger partial charge in [-0.05, 0) is 17.7 Å². The molecule has 0 aliphatic rings. The summed E-state index contributed by atoms with van der Waals surface area (Å²) < 4.78 is 2.20. The number of hydrogen-bond donors (Lipinski definition) is 0. The molecule has 0 atom stereocenters. The highest BCUT2D eigenvalue weighted by Gasteiger charge is 2.18. The molecule has 0 bridgehead atoms. The Bertz CT molecular complexity index is 1210. The Morgan fingerprint density at radius 3 is 2.00 bits per heavy atom. The van der Waals surface area contributed by atoms with Crippen LogP contribution >= 0.6 is 22.9 Å². The van der Waals surface area contributed by atoms with Crippen molar-refractivity contribution >= 4 is 27.9 Å². The first-order chi connectivity index (χ1) is 13.3. The summed E-state index contributed by atoms with van der Waals surface area (Å²) in [6.07, 6.45) is 2.11. The number of aromatic nitrogens is 2. The maximum absolute atomic E-state index is 6.03. The van der Waals surface area contributed by atoms with Crippen LogP contribution in [0.4, 0.5) is 0 Å². The summed E-state index contributed by atoms with van der Waals surface area (Å²) in [5, 5.41) is 0.733. The molecule has 0 N–H and O–H groups in total. The smallest absolute Gasteiger partial charge is 0.195 e. The molecule has 0 aliphatic heterocycles. The zero-order valence-electron chi connectivity index (χ0n) is 14.3. The first-order valence-corrected chi connectivity index (χ1v) is 9.88. The number of benzene rings is 3. The first kappa shape index (κ1) is 16.3. The lowest BCUT2D eigenvalue weighted by atomic mass is 10.1. The van der Waals surface area contributed by atoms with Crippen LogP contribution in [0.2, 0.25) is 5.02 Å². The highest BCUT2D eigenvalue weighted by Crippen LogP contribution is 2.40. The molecule has 4 heteroatoms. The van der Waals surface area contributed by atoms with E-state index < -0.39 is 0 Å². The van der Waals surface area contributed by atoms with E-state index in [0.717, 1.165) is 21.2 Å². The lowest BCUT2D eigenvalue weighted by Crippen LogP contribution is -1.87. The van der Waals surface area contributed by atoms with Crippen molar-refractivity contribution in [3.05, 3.63) is 96.1 Å². The zero-order valence-corrected chi connectivity index (χ0v) is 15.9. The second kappa shape index (κ2) is 6.69. The second-order valence-corrected chi connectivity index (χ2v) is 7.71. The maximum atomic E-state index is 6.03. The SMILES string of the molecule is Clc1ccc(-c2cn3c(-c4ccccc4)c(-c4ccccc4)sc3n2)cc1. The summed E-state index contributed by atoms with van der Waals surface area (Å²) >= 11 is 7.74. The van der Waals surface area contributed by atoms with Crippen LogP contribution in [0.15, 0.2) is 91.1 Å². The van der Waals surface area contributed by atoms with Crippen molar-refractivity contribution in [2.45, 2.75) is 0 Å². The molecule has 0 unspecified atom stereocenters. The van der Waals surface area contributed by atoms with E-state index >= 15 is 0 Å². The molecule has 2 heterocycles. The Kier molecular flexibility index (Phi) is 4.04. The summed E-state index contributed by atoms with van der Waals surface area (Å²) in [5.74, 6) is 0. The van der Waals surface area contributed by atoms with Crippen LogP contribution in [0.3, 0.4) is 0 Å². The quantitative estimate of drug-likeness (QED) is 0.324. The number of nitrogens with zero attached hydrogens (tertiary/aromatic N) is 2. The van der Waals surface area contributed by atoms with Crippen LogP contribution < -0.4 is 0 Å². The highest BCUT2D eigenvalue weighted by molar-refractivity contribution is 7.20. The van der Waals surface area contributed by atoms with Crippen molar-refractivity contribution in [2.24, 2.45) is 0 Å². The minimum atomic E-state index is 0.733. The molecule has 0 radical (unpaired) electrons. The van der Waals surface area contributed by atoms with Gasteiger partial charge < -0.3 is 0 Å². The summed E-state index contributed by atoms with van der Waals surface area (Å²) in [4.78, 5) is 7.10. The predicted molar refractivity (Wildman–Crippen MR) is 114 cm³/mol. The van der Waals surface area contributed by atoms with Gasteiger partial charge in [-0.1, -0.05) is 95.7 Å². The Morgan fingerprint density at radius 2 is 1.33 bits per heavy atom.